The summed E-state index contributed by atoms with van der Waals surface area (Å²) in [6.07, 6.45) is 2.54. The minimum absolute atomic E-state index is 0.215. The van der Waals surface area contributed by atoms with Gasteiger partial charge in [0.2, 0.25) is 0 Å². The Balaban J connectivity index is 1.67. The molecule has 0 fully saturated rings. The molecule has 0 atom stereocenters. The largest absolute Gasteiger partial charge is 0.494 e. The molecule has 0 bridgehead atoms. The van der Waals surface area contributed by atoms with Crippen LogP contribution in [-0.4, -0.2) is 17.5 Å². The average Bonchev–Trinajstić information content (AvgIpc) is 3.29. The molecule has 0 radical (unpaired) electrons. The number of benzene rings is 1. The van der Waals surface area contributed by atoms with E-state index in [1.54, 1.807) is 17.7 Å². The molecule has 0 unspecified atom stereocenters. The number of aromatic nitrogens is 1. The van der Waals surface area contributed by atoms with Crippen LogP contribution in [0.4, 0.5) is 0 Å². The van der Waals surface area contributed by atoms with Crippen molar-refractivity contribution in [2.75, 3.05) is 6.61 Å². The predicted octanol–water partition coefficient (Wildman–Crippen LogP) is 4.12. The third-order valence-electron chi connectivity index (χ3n) is 3.29. The molecule has 1 N–H and O–H groups in total. The van der Waals surface area contributed by atoms with Crippen LogP contribution >= 0.6 is 11.3 Å². The molecule has 2 aromatic heterocycles. The molecule has 0 aliphatic heterocycles. The van der Waals surface area contributed by atoms with Gasteiger partial charge in [0.1, 0.15) is 22.2 Å². The Labute approximate surface area is 144 Å². The second-order valence-corrected chi connectivity index (χ2v) is 6.03. The van der Waals surface area contributed by atoms with Crippen LogP contribution in [0.3, 0.4) is 0 Å². The molecular weight excluding hydrogens is 324 g/mol. The van der Waals surface area contributed by atoms with Gasteiger partial charge in [-0.05, 0) is 30.7 Å². The lowest BCUT2D eigenvalue weighted by Crippen LogP contribution is -2.22. The van der Waals surface area contributed by atoms with Gasteiger partial charge in [-0.1, -0.05) is 19.1 Å². The smallest absolute Gasteiger partial charge is 0.271 e. The van der Waals surface area contributed by atoms with Crippen LogP contribution in [0.5, 0.6) is 5.75 Å². The average molecular weight is 342 g/mol. The molecule has 24 heavy (non-hydrogen) atoms. The normalized spacial score (nSPS) is 10.5. The highest BCUT2D eigenvalue weighted by molar-refractivity contribution is 7.13. The molecule has 6 heteroatoms. The number of thiazole rings is 1. The molecule has 3 aromatic rings. The number of amides is 1. The lowest BCUT2D eigenvalue weighted by molar-refractivity contribution is 0.0944. The summed E-state index contributed by atoms with van der Waals surface area (Å²) in [5.74, 6) is 1.31. The molecule has 1 amide bonds. The molecule has 5 nitrogen and oxygen atoms in total. The summed E-state index contributed by atoms with van der Waals surface area (Å²) in [6.45, 7) is 3.10. The van der Waals surface area contributed by atoms with Crippen molar-refractivity contribution in [1.82, 2.24) is 10.3 Å². The first kappa shape index (κ1) is 16.3. The third kappa shape index (κ3) is 4.02. The number of hydrogen-bond acceptors (Lipinski definition) is 5. The number of nitrogens with zero attached hydrogens (tertiary/aromatic N) is 1. The quantitative estimate of drug-likeness (QED) is 0.701. The van der Waals surface area contributed by atoms with E-state index in [0.29, 0.717) is 24.6 Å². The second kappa shape index (κ2) is 7.79. The van der Waals surface area contributed by atoms with E-state index in [2.05, 4.69) is 17.2 Å². The van der Waals surface area contributed by atoms with Crippen LogP contribution in [0.15, 0.2) is 52.5 Å². The molecule has 3 rings (SSSR count). The molecule has 0 spiro atoms. The van der Waals surface area contributed by atoms with Gasteiger partial charge in [0.25, 0.3) is 5.91 Å². The lowest BCUT2D eigenvalue weighted by atomic mass is 10.2. The first-order chi connectivity index (χ1) is 11.8. The Morgan fingerprint density at radius 1 is 1.33 bits per heavy atom. The maximum absolute atomic E-state index is 12.2. The van der Waals surface area contributed by atoms with Crippen LogP contribution in [0, 0.1) is 0 Å². The zero-order valence-electron chi connectivity index (χ0n) is 13.3. The Bertz CT molecular complexity index is 796. The van der Waals surface area contributed by atoms with E-state index in [4.69, 9.17) is 9.15 Å². The standard InChI is InChI=1S/C18H18N2O3S/c1-2-8-22-14-6-3-5-13(10-14)18-20-16(12-24-18)17(21)19-11-15-7-4-9-23-15/h3-7,9-10,12H,2,8,11H2,1H3,(H,19,21). The van der Waals surface area contributed by atoms with E-state index in [-0.39, 0.29) is 5.91 Å². The first-order valence-electron chi connectivity index (χ1n) is 7.75. The van der Waals surface area contributed by atoms with Crippen molar-refractivity contribution in [2.45, 2.75) is 19.9 Å². The number of carbonyl (C=O) groups excluding carboxylic acids is 1. The molecular formula is C18H18N2O3S. The van der Waals surface area contributed by atoms with Gasteiger partial charge in [0.15, 0.2) is 0 Å². The van der Waals surface area contributed by atoms with Crippen LogP contribution in [0.2, 0.25) is 0 Å². The van der Waals surface area contributed by atoms with E-state index in [1.165, 1.54) is 11.3 Å². The Hall–Kier alpha value is -2.60. The topological polar surface area (TPSA) is 64.4 Å². The number of carbonyl (C=O) groups is 1. The van der Waals surface area contributed by atoms with Gasteiger partial charge in [-0.15, -0.1) is 11.3 Å². The van der Waals surface area contributed by atoms with Crippen molar-refractivity contribution in [3.8, 4) is 16.3 Å². The second-order valence-electron chi connectivity index (χ2n) is 5.18. The number of ether oxygens (including phenoxy) is 1. The number of furan rings is 1. The highest BCUT2D eigenvalue weighted by Crippen LogP contribution is 2.27. The summed E-state index contributed by atoms with van der Waals surface area (Å²) < 4.78 is 10.8. The van der Waals surface area contributed by atoms with Gasteiger partial charge >= 0.3 is 0 Å². The van der Waals surface area contributed by atoms with Crippen LogP contribution in [0.25, 0.3) is 10.6 Å². The highest BCUT2D eigenvalue weighted by atomic mass is 32.1. The van der Waals surface area contributed by atoms with E-state index in [9.17, 15) is 4.79 Å². The summed E-state index contributed by atoms with van der Waals surface area (Å²) in [4.78, 5) is 16.6. The van der Waals surface area contributed by atoms with E-state index < -0.39 is 0 Å². The molecule has 0 saturated carbocycles. The number of nitrogens with one attached hydrogen (secondary N) is 1. The molecule has 1 aromatic carbocycles. The highest BCUT2D eigenvalue weighted by Gasteiger charge is 2.12. The van der Waals surface area contributed by atoms with Gasteiger partial charge in [-0.25, -0.2) is 4.98 Å². The van der Waals surface area contributed by atoms with Crippen molar-refractivity contribution in [1.29, 1.82) is 0 Å². The monoisotopic (exact) mass is 342 g/mol. The first-order valence-corrected chi connectivity index (χ1v) is 8.63. The van der Waals surface area contributed by atoms with Crippen LogP contribution in [-0.2, 0) is 6.54 Å². The van der Waals surface area contributed by atoms with Gasteiger partial charge in [0.05, 0.1) is 19.4 Å². The van der Waals surface area contributed by atoms with Gasteiger partial charge < -0.3 is 14.5 Å². The molecule has 124 valence electrons. The van der Waals surface area contributed by atoms with Crippen molar-refractivity contribution in [3.05, 3.63) is 59.5 Å². The van der Waals surface area contributed by atoms with Crippen molar-refractivity contribution in [3.63, 3.8) is 0 Å². The molecule has 2 heterocycles. The predicted molar refractivity (Wildman–Crippen MR) is 93.2 cm³/mol. The fourth-order valence-corrected chi connectivity index (χ4v) is 2.92. The summed E-state index contributed by atoms with van der Waals surface area (Å²) in [6, 6.07) is 11.4. The van der Waals surface area contributed by atoms with Crippen LogP contribution in [0.1, 0.15) is 29.6 Å². The van der Waals surface area contributed by atoms with Gasteiger partial charge in [-0.2, -0.15) is 0 Å². The minimum atomic E-state index is -0.215. The van der Waals surface area contributed by atoms with Crippen molar-refractivity contribution in [2.24, 2.45) is 0 Å². The van der Waals surface area contributed by atoms with Gasteiger partial charge in [0, 0.05) is 10.9 Å². The summed E-state index contributed by atoms with van der Waals surface area (Å²) in [5, 5.41) is 5.34. The minimum Gasteiger partial charge on any atom is -0.494 e. The fraction of sp³-hybridized carbons (Fsp3) is 0.222. The summed E-state index contributed by atoms with van der Waals surface area (Å²) in [5.41, 5.74) is 1.35. The maximum atomic E-state index is 12.2. The zero-order chi connectivity index (χ0) is 16.8. The van der Waals surface area contributed by atoms with E-state index in [1.807, 2.05) is 30.3 Å². The Morgan fingerprint density at radius 3 is 3.04 bits per heavy atom. The maximum Gasteiger partial charge on any atom is 0.271 e. The van der Waals surface area contributed by atoms with Crippen molar-refractivity contribution >= 4 is 17.2 Å². The Morgan fingerprint density at radius 2 is 2.25 bits per heavy atom. The SMILES string of the molecule is CCCOc1cccc(-c2nc(C(=O)NCc3ccco3)cs2)c1. The Kier molecular flexibility index (Phi) is 5.28. The lowest BCUT2D eigenvalue weighted by Gasteiger charge is -2.05. The van der Waals surface area contributed by atoms with E-state index in [0.717, 1.165) is 22.7 Å². The fourth-order valence-electron chi connectivity index (χ4n) is 2.12. The third-order valence-corrected chi connectivity index (χ3v) is 4.19. The van der Waals surface area contributed by atoms with E-state index >= 15 is 0 Å². The van der Waals surface area contributed by atoms with Crippen LogP contribution < -0.4 is 10.1 Å². The number of rotatable bonds is 7. The summed E-state index contributed by atoms with van der Waals surface area (Å²) in [7, 11) is 0. The molecule has 0 aliphatic carbocycles. The zero-order valence-corrected chi connectivity index (χ0v) is 14.1. The van der Waals surface area contributed by atoms with Crippen molar-refractivity contribution < 1.29 is 13.9 Å². The summed E-state index contributed by atoms with van der Waals surface area (Å²) >= 11 is 1.44. The van der Waals surface area contributed by atoms with Gasteiger partial charge in [-0.3, -0.25) is 4.79 Å². The molecule has 0 aliphatic rings. The molecule has 0 saturated heterocycles. The number of hydrogen-bond donors (Lipinski definition) is 1.